The smallest absolute Gasteiger partial charge is 0.329 e. The van der Waals surface area contributed by atoms with Gasteiger partial charge in [0.2, 0.25) is 0 Å². The summed E-state index contributed by atoms with van der Waals surface area (Å²) in [6, 6.07) is 8.08. The van der Waals surface area contributed by atoms with Crippen molar-refractivity contribution >= 4 is 15.1 Å². The van der Waals surface area contributed by atoms with Crippen molar-refractivity contribution in [3.05, 3.63) is 29.8 Å². The number of ether oxygens (including phenoxy) is 2. The summed E-state index contributed by atoms with van der Waals surface area (Å²) in [6.07, 6.45) is 17.0. The summed E-state index contributed by atoms with van der Waals surface area (Å²) in [5.41, 5.74) is 1.25. The largest absolute Gasteiger partial charge is 0.490 e. The van der Waals surface area contributed by atoms with Crippen LogP contribution in [-0.2, 0) is 25.0 Å². The van der Waals surface area contributed by atoms with E-state index in [1.807, 2.05) is 18.2 Å². The number of unbranched alkanes of at least 4 members (excludes halogenated alkanes) is 11. The summed E-state index contributed by atoms with van der Waals surface area (Å²) in [4.78, 5) is 20.9. The molecule has 0 fully saturated rings. The van der Waals surface area contributed by atoms with Gasteiger partial charge in [0, 0.05) is 0 Å². The molecule has 0 radical (unpaired) electrons. The van der Waals surface area contributed by atoms with Crippen LogP contribution in [0.25, 0.3) is 0 Å². The number of rotatable bonds is 26. The van der Waals surface area contributed by atoms with E-state index in [9.17, 15) is 9.69 Å². The maximum Gasteiger partial charge on any atom is 0.329 e. The molecule has 7 nitrogen and oxygen atoms in total. The number of hydrogen-bond acceptors (Lipinski definition) is 6. The van der Waals surface area contributed by atoms with Gasteiger partial charge in [0.1, 0.15) is 12.4 Å². The second kappa shape index (κ2) is 22.6. The maximum atomic E-state index is 10.9. The molecule has 0 heterocycles. The molecule has 0 aliphatic carbocycles. The molecule has 0 saturated carbocycles. The first-order valence-electron chi connectivity index (χ1n) is 14.7. The van der Waals surface area contributed by atoms with Crippen molar-refractivity contribution in [2.75, 3.05) is 47.5 Å². The molecule has 8 heteroatoms. The van der Waals surface area contributed by atoms with Gasteiger partial charge in [0.25, 0.3) is 6.47 Å². The molecule has 0 aliphatic rings. The van der Waals surface area contributed by atoms with E-state index < -0.39 is 14.7 Å². The van der Waals surface area contributed by atoms with Crippen molar-refractivity contribution < 1.29 is 32.7 Å². The van der Waals surface area contributed by atoms with Crippen LogP contribution in [0.2, 0.25) is 0 Å². The van der Waals surface area contributed by atoms with Crippen LogP contribution in [0.5, 0.6) is 5.75 Å². The van der Waals surface area contributed by atoms with E-state index in [-0.39, 0.29) is 13.2 Å². The molecule has 0 aliphatic heterocycles. The molecule has 0 bridgehead atoms. The number of nitrogens with zero attached hydrogens (tertiary/aromatic N) is 1. The third kappa shape index (κ3) is 20.7. The van der Waals surface area contributed by atoms with E-state index in [2.05, 4.69) is 34.1 Å². The van der Waals surface area contributed by atoms with Crippen LogP contribution in [0.15, 0.2) is 24.3 Å². The molecule has 1 aromatic rings. The van der Waals surface area contributed by atoms with Gasteiger partial charge in [-0.3, -0.25) is 4.79 Å². The standard InChI is InChI=1S/C30H55NO6P/c1-5-6-7-8-9-10-11-12-13-14-15-19-28-20-18-21-29(24-28)34-25-30(35-27-32)26-37-38(33)36-23-17-16-22-31(2,3)4/h18,20-21,24,27,30,33H,5-17,19,22-23,25-26H2,1-4H3/q+1. The highest BCUT2D eigenvalue weighted by atomic mass is 31.2. The van der Waals surface area contributed by atoms with Crippen LogP contribution in [0.3, 0.4) is 0 Å². The number of aryl methyl sites for hydroxylation is 1. The predicted molar refractivity (Wildman–Crippen MR) is 156 cm³/mol. The highest BCUT2D eigenvalue weighted by Crippen LogP contribution is 2.33. The molecule has 220 valence electrons. The van der Waals surface area contributed by atoms with Gasteiger partial charge in [-0.05, 0) is 43.4 Å². The van der Waals surface area contributed by atoms with Gasteiger partial charge in [-0.15, -0.1) is 0 Å². The molecule has 0 saturated heterocycles. The highest BCUT2D eigenvalue weighted by molar-refractivity contribution is 7.40. The predicted octanol–water partition coefficient (Wildman–Crippen LogP) is 7.20. The van der Waals surface area contributed by atoms with Crippen LogP contribution in [0.1, 0.15) is 96.0 Å². The molecule has 1 N–H and O–H groups in total. The number of benzene rings is 1. The monoisotopic (exact) mass is 556 g/mol. The van der Waals surface area contributed by atoms with Crippen molar-refractivity contribution in [1.29, 1.82) is 0 Å². The van der Waals surface area contributed by atoms with Crippen molar-refractivity contribution in [2.45, 2.75) is 103 Å². The highest BCUT2D eigenvalue weighted by Gasteiger charge is 2.16. The van der Waals surface area contributed by atoms with Gasteiger partial charge in [0.05, 0.1) is 40.9 Å². The summed E-state index contributed by atoms with van der Waals surface area (Å²) in [5, 5.41) is 0. The van der Waals surface area contributed by atoms with Crippen LogP contribution < -0.4 is 4.74 Å². The fourth-order valence-corrected chi connectivity index (χ4v) is 4.85. The lowest BCUT2D eigenvalue weighted by Crippen LogP contribution is -2.35. The minimum absolute atomic E-state index is 0.0122. The van der Waals surface area contributed by atoms with Gasteiger partial charge in [-0.2, -0.15) is 0 Å². The second-order valence-corrected chi connectivity index (χ2v) is 12.2. The normalized spacial score (nSPS) is 13.3. The molecular formula is C30H55NO6P+. The summed E-state index contributed by atoms with van der Waals surface area (Å²) in [5.74, 6) is 0.741. The molecule has 0 amide bonds. The Bertz CT molecular complexity index is 700. The number of carbonyl (C=O) groups excluding carboxylic acids is 1. The minimum atomic E-state index is -2.01. The van der Waals surface area contributed by atoms with Crippen LogP contribution >= 0.6 is 8.60 Å². The lowest BCUT2D eigenvalue weighted by molar-refractivity contribution is -0.870. The van der Waals surface area contributed by atoms with Crippen LogP contribution in [0, 0.1) is 0 Å². The fraction of sp³-hybridized carbons (Fsp3) is 0.767. The molecule has 0 aromatic heterocycles. The lowest BCUT2D eigenvalue weighted by atomic mass is 10.0. The Balaban J connectivity index is 2.21. The second-order valence-electron chi connectivity index (χ2n) is 11.2. The Morgan fingerprint density at radius 2 is 1.53 bits per heavy atom. The van der Waals surface area contributed by atoms with Crippen LogP contribution in [0.4, 0.5) is 0 Å². The Hall–Kier alpha value is -1.24. The zero-order valence-corrected chi connectivity index (χ0v) is 25.5. The summed E-state index contributed by atoms with van der Waals surface area (Å²) in [7, 11) is 4.43. The number of hydrogen-bond donors (Lipinski definition) is 1. The van der Waals surface area contributed by atoms with Crippen molar-refractivity contribution in [1.82, 2.24) is 0 Å². The SMILES string of the molecule is CCCCCCCCCCCCCc1cccc(OCC(COP(O)OCCCC[N+](C)(C)C)OC=O)c1. The topological polar surface area (TPSA) is 74.2 Å². The first kappa shape index (κ1) is 34.8. The zero-order chi connectivity index (χ0) is 27.9. The molecule has 1 rings (SSSR count). The third-order valence-corrected chi connectivity index (χ3v) is 7.22. The summed E-state index contributed by atoms with van der Waals surface area (Å²) >= 11 is 0. The molecule has 38 heavy (non-hydrogen) atoms. The molecule has 1 aromatic carbocycles. The van der Waals surface area contributed by atoms with E-state index in [4.69, 9.17) is 18.5 Å². The molecule has 2 unspecified atom stereocenters. The van der Waals surface area contributed by atoms with E-state index in [1.165, 1.54) is 76.2 Å². The van der Waals surface area contributed by atoms with Gasteiger partial charge in [-0.1, -0.05) is 83.3 Å². The van der Waals surface area contributed by atoms with Gasteiger partial charge >= 0.3 is 8.60 Å². The number of quaternary nitrogens is 1. The quantitative estimate of drug-likeness (QED) is 0.0563. The molecule has 0 spiro atoms. The molecule has 2 atom stereocenters. The Kier molecular flexibility index (Phi) is 20.7. The van der Waals surface area contributed by atoms with E-state index in [0.29, 0.717) is 13.1 Å². The average molecular weight is 557 g/mol. The van der Waals surface area contributed by atoms with E-state index in [1.54, 1.807) is 0 Å². The average Bonchev–Trinajstić information content (AvgIpc) is 2.88. The van der Waals surface area contributed by atoms with Gasteiger partial charge in [0.15, 0.2) is 6.10 Å². The summed E-state index contributed by atoms with van der Waals surface area (Å²) < 4.78 is 22.6. The van der Waals surface area contributed by atoms with E-state index >= 15 is 0 Å². The fourth-order valence-electron chi connectivity index (χ4n) is 4.19. The Morgan fingerprint density at radius 1 is 0.868 bits per heavy atom. The summed E-state index contributed by atoms with van der Waals surface area (Å²) in [6.45, 7) is 4.28. The first-order valence-corrected chi connectivity index (χ1v) is 15.8. The van der Waals surface area contributed by atoms with Crippen molar-refractivity contribution in [2.24, 2.45) is 0 Å². The van der Waals surface area contributed by atoms with Crippen molar-refractivity contribution in [3.8, 4) is 5.75 Å². The Morgan fingerprint density at radius 3 is 2.16 bits per heavy atom. The number of carbonyl (C=O) groups is 1. The Labute approximate surface area is 233 Å². The van der Waals surface area contributed by atoms with Crippen LogP contribution in [-0.4, -0.2) is 69.5 Å². The third-order valence-electron chi connectivity index (χ3n) is 6.45. The zero-order valence-electron chi connectivity index (χ0n) is 24.6. The van der Waals surface area contributed by atoms with Gasteiger partial charge in [-0.25, -0.2) is 0 Å². The lowest BCUT2D eigenvalue weighted by Gasteiger charge is -2.23. The first-order chi connectivity index (χ1) is 18.3. The molecular weight excluding hydrogens is 501 g/mol. The van der Waals surface area contributed by atoms with E-state index in [0.717, 1.165) is 36.0 Å². The minimum Gasteiger partial charge on any atom is -0.490 e. The van der Waals surface area contributed by atoms with Gasteiger partial charge < -0.3 is 27.9 Å². The van der Waals surface area contributed by atoms with Crippen molar-refractivity contribution in [3.63, 3.8) is 0 Å². The maximum absolute atomic E-state index is 10.9.